The van der Waals surface area contributed by atoms with Gasteiger partial charge in [0.15, 0.2) is 0 Å². The fraction of sp³-hybridized carbons (Fsp3) is 1.00. The molecule has 1 N–H and O–H groups in total. The Morgan fingerprint density at radius 2 is 2.00 bits per heavy atom. The predicted octanol–water partition coefficient (Wildman–Crippen LogP) is 2.27. The average molecular weight is 199 g/mol. The summed E-state index contributed by atoms with van der Waals surface area (Å²) in [5, 5.41) is 9.74. The van der Waals surface area contributed by atoms with Crippen LogP contribution < -0.4 is 0 Å². The third-order valence-electron chi connectivity index (χ3n) is 3.13. The highest BCUT2D eigenvalue weighted by Crippen LogP contribution is 2.21. The molecule has 0 aromatic rings. The van der Waals surface area contributed by atoms with E-state index in [9.17, 15) is 5.11 Å². The van der Waals surface area contributed by atoms with E-state index in [1.165, 1.54) is 38.8 Å². The first-order chi connectivity index (χ1) is 6.51. The molecule has 1 saturated heterocycles. The maximum atomic E-state index is 9.74. The Bertz CT molecular complexity index is 162. The monoisotopic (exact) mass is 199 g/mol. The van der Waals surface area contributed by atoms with Crippen molar-refractivity contribution in [2.75, 3.05) is 19.6 Å². The van der Waals surface area contributed by atoms with E-state index in [0.29, 0.717) is 0 Å². The minimum absolute atomic E-state index is 0.536. The summed E-state index contributed by atoms with van der Waals surface area (Å²) in [6.07, 6.45) is 5.30. The fourth-order valence-electron chi connectivity index (χ4n) is 2.34. The van der Waals surface area contributed by atoms with Crippen LogP contribution >= 0.6 is 0 Å². The third kappa shape index (κ3) is 4.43. The molecule has 0 bridgehead atoms. The van der Waals surface area contributed by atoms with Crippen molar-refractivity contribution < 1.29 is 5.11 Å². The summed E-state index contributed by atoms with van der Waals surface area (Å²) < 4.78 is 0. The van der Waals surface area contributed by atoms with Crippen LogP contribution in [0.15, 0.2) is 0 Å². The van der Waals surface area contributed by atoms with Crippen LogP contribution in [0.4, 0.5) is 0 Å². The van der Waals surface area contributed by atoms with Gasteiger partial charge in [-0.15, -0.1) is 0 Å². The van der Waals surface area contributed by atoms with Gasteiger partial charge in [0.05, 0.1) is 5.60 Å². The summed E-state index contributed by atoms with van der Waals surface area (Å²) in [5.41, 5.74) is -0.536. The second-order valence-corrected chi connectivity index (χ2v) is 5.29. The number of likely N-dealkylation sites (tertiary alicyclic amines) is 1. The third-order valence-corrected chi connectivity index (χ3v) is 3.13. The molecule has 1 aliphatic rings. The van der Waals surface area contributed by atoms with Gasteiger partial charge in [-0.2, -0.15) is 0 Å². The molecule has 0 radical (unpaired) electrons. The first-order valence-electron chi connectivity index (χ1n) is 5.96. The Hall–Kier alpha value is -0.0800. The van der Waals surface area contributed by atoms with Gasteiger partial charge in [-0.05, 0) is 52.1 Å². The molecule has 84 valence electrons. The summed E-state index contributed by atoms with van der Waals surface area (Å²) in [6.45, 7) is 9.24. The maximum absolute atomic E-state index is 9.74. The molecule has 1 unspecified atom stereocenters. The smallest absolute Gasteiger partial charge is 0.0718 e. The molecule has 0 aliphatic carbocycles. The molecule has 0 aromatic heterocycles. The van der Waals surface area contributed by atoms with E-state index in [4.69, 9.17) is 0 Å². The van der Waals surface area contributed by atoms with E-state index < -0.39 is 5.60 Å². The Morgan fingerprint density at radius 3 is 2.57 bits per heavy atom. The zero-order valence-corrected chi connectivity index (χ0v) is 9.92. The van der Waals surface area contributed by atoms with Gasteiger partial charge in [0.25, 0.3) is 0 Å². The molecule has 1 atom stereocenters. The summed E-state index contributed by atoms with van der Waals surface area (Å²) in [7, 11) is 0. The van der Waals surface area contributed by atoms with Crippen molar-refractivity contribution >= 4 is 0 Å². The standard InChI is InChI=1S/C12H25NO/c1-4-11-6-5-8-13(9-7-11)10-12(2,3)14/h11,14H,4-10H2,1-3H3. The van der Waals surface area contributed by atoms with Crippen molar-refractivity contribution in [2.24, 2.45) is 5.92 Å². The van der Waals surface area contributed by atoms with Gasteiger partial charge in [-0.25, -0.2) is 0 Å². The summed E-state index contributed by atoms with van der Waals surface area (Å²) in [4.78, 5) is 2.41. The van der Waals surface area contributed by atoms with Crippen LogP contribution in [-0.2, 0) is 0 Å². The minimum atomic E-state index is -0.536. The van der Waals surface area contributed by atoms with Gasteiger partial charge in [0.1, 0.15) is 0 Å². The van der Waals surface area contributed by atoms with Crippen LogP contribution in [0.3, 0.4) is 0 Å². The van der Waals surface area contributed by atoms with Crippen LogP contribution in [-0.4, -0.2) is 35.2 Å². The second kappa shape index (κ2) is 5.13. The molecular formula is C12H25NO. The topological polar surface area (TPSA) is 23.5 Å². The molecule has 1 heterocycles. The average Bonchev–Trinajstić information content (AvgIpc) is 2.27. The molecule has 0 saturated carbocycles. The highest BCUT2D eigenvalue weighted by atomic mass is 16.3. The zero-order valence-electron chi connectivity index (χ0n) is 9.92. The van der Waals surface area contributed by atoms with Crippen molar-refractivity contribution in [1.82, 2.24) is 4.90 Å². The number of hydrogen-bond acceptors (Lipinski definition) is 2. The van der Waals surface area contributed by atoms with Crippen LogP contribution in [0, 0.1) is 5.92 Å². The predicted molar refractivity (Wildman–Crippen MR) is 60.4 cm³/mol. The molecule has 0 aromatic carbocycles. The number of β-amino-alcohol motifs (C(OH)–C–C–N with tert-alkyl or cyclic N) is 1. The van der Waals surface area contributed by atoms with E-state index in [1.54, 1.807) is 0 Å². The Kier molecular flexibility index (Phi) is 4.39. The van der Waals surface area contributed by atoms with E-state index in [0.717, 1.165) is 12.5 Å². The van der Waals surface area contributed by atoms with E-state index in [-0.39, 0.29) is 0 Å². The Balaban J connectivity index is 2.34. The van der Waals surface area contributed by atoms with Gasteiger partial charge < -0.3 is 10.0 Å². The fourth-order valence-corrected chi connectivity index (χ4v) is 2.34. The normalized spacial score (nSPS) is 26.1. The SMILES string of the molecule is CCC1CCCN(CC(C)(C)O)CC1. The lowest BCUT2D eigenvalue weighted by Crippen LogP contribution is -2.39. The van der Waals surface area contributed by atoms with Gasteiger partial charge in [0.2, 0.25) is 0 Å². The van der Waals surface area contributed by atoms with Crippen molar-refractivity contribution in [2.45, 2.75) is 52.1 Å². The van der Waals surface area contributed by atoms with Gasteiger partial charge in [0, 0.05) is 6.54 Å². The lowest BCUT2D eigenvalue weighted by atomic mass is 9.98. The molecule has 0 amide bonds. The van der Waals surface area contributed by atoms with Crippen molar-refractivity contribution in [3.05, 3.63) is 0 Å². The van der Waals surface area contributed by atoms with Crippen LogP contribution in [0.5, 0.6) is 0 Å². The van der Waals surface area contributed by atoms with Gasteiger partial charge in [-0.3, -0.25) is 0 Å². The van der Waals surface area contributed by atoms with Crippen LogP contribution in [0.25, 0.3) is 0 Å². The number of rotatable bonds is 3. The molecule has 2 nitrogen and oxygen atoms in total. The van der Waals surface area contributed by atoms with Crippen LogP contribution in [0.2, 0.25) is 0 Å². The number of hydrogen-bond donors (Lipinski definition) is 1. The molecule has 1 fully saturated rings. The van der Waals surface area contributed by atoms with Crippen molar-refractivity contribution in [1.29, 1.82) is 0 Å². The highest BCUT2D eigenvalue weighted by molar-refractivity contribution is 4.75. The van der Waals surface area contributed by atoms with E-state index in [1.807, 2.05) is 13.8 Å². The van der Waals surface area contributed by atoms with Gasteiger partial charge in [-0.1, -0.05) is 13.3 Å². The molecular weight excluding hydrogens is 174 g/mol. The molecule has 2 heteroatoms. The first kappa shape index (κ1) is 12.0. The van der Waals surface area contributed by atoms with E-state index in [2.05, 4.69) is 11.8 Å². The summed E-state index contributed by atoms with van der Waals surface area (Å²) in [6, 6.07) is 0. The molecule has 1 rings (SSSR count). The number of nitrogens with zero attached hydrogens (tertiary/aromatic N) is 1. The maximum Gasteiger partial charge on any atom is 0.0718 e. The summed E-state index contributed by atoms with van der Waals surface area (Å²) >= 11 is 0. The molecule has 0 spiro atoms. The summed E-state index contributed by atoms with van der Waals surface area (Å²) in [5.74, 6) is 0.918. The Morgan fingerprint density at radius 1 is 1.29 bits per heavy atom. The molecule has 1 aliphatic heterocycles. The van der Waals surface area contributed by atoms with E-state index >= 15 is 0 Å². The van der Waals surface area contributed by atoms with Gasteiger partial charge >= 0.3 is 0 Å². The first-order valence-corrected chi connectivity index (χ1v) is 5.96. The van der Waals surface area contributed by atoms with Crippen LogP contribution in [0.1, 0.15) is 46.5 Å². The van der Waals surface area contributed by atoms with Crippen molar-refractivity contribution in [3.8, 4) is 0 Å². The Labute approximate surface area is 88.3 Å². The number of aliphatic hydroxyl groups is 1. The van der Waals surface area contributed by atoms with Crippen molar-refractivity contribution in [3.63, 3.8) is 0 Å². The molecule has 14 heavy (non-hydrogen) atoms. The lowest BCUT2D eigenvalue weighted by Gasteiger charge is -2.27. The minimum Gasteiger partial charge on any atom is -0.389 e. The lowest BCUT2D eigenvalue weighted by molar-refractivity contribution is 0.0370. The second-order valence-electron chi connectivity index (χ2n) is 5.29. The highest BCUT2D eigenvalue weighted by Gasteiger charge is 2.21. The largest absolute Gasteiger partial charge is 0.389 e. The zero-order chi connectivity index (χ0) is 10.6. The quantitative estimate of drug-likeness (QED) is 0.753.